The molecule has 0 radical (unpaired) electrons. The average Bonchev–Trinajstić information content (AvgIpc) is 3.29. The van der Waals surface area contributed by atoms with E-state index in [1.54, 1.807) is 13.2 Å². The van der Waals surface area contributed by atoms with Gasteiger partial charge >= 0.3 is 0 Å². The second-order valence-corrected chi connectivity index (χ2v) is 9.10. The Morgan fingerprint density at radius 1 is 1.22 bits per heavy atom. The van der Waals surface area contributed by atoms with Gasteiger partial charge in [0, 0.05) is 31.6 Å². The summed E-state index contributed by atoms with van der Waals surface area (Å²) in [6.07, 6.45) is 2.69. The lowest BCUT2D eigenvalue weighted by atomic mass is 9.84. The molecule has 0 aliphatic carbocycles. The van der Waals surface area contributed by atoms with Gasteiger partial charge in [0.05, 0.1) is 13.7 Å². The monoisotopic (exact) mass is 510 g/mol. The number of hydrogen-bond acceptors (Lipinski definition) is 8. The van der Waals surface area contributed by atoms with Crippen LogP contribution in [0.2, 0.25) is 0 Å². The Morgan fingerprint density at radius 2 is 2.00 bits per heavy atom. The molecule has 1 aliphatic heterocycles. The smallest absolute Gasteiger partial charge is 0.266 e. The van der Waals surface area contributed by atoms with Crippen molar-refractivity contribution >= 4 is 11.8 Å². The highest BCUT2D eigenvalue weighted by atomic mass is 16.5. The number of carbonyl (C=O) groups is 1. The zero-order valence-corrected chi connectivity index (χ0v) is 21.9. The maximum Gasteiger partial charge on any atom is 0.266 e. The first-order chi connectivity index (χ1) is 17.9. The van der Waals surface area contributed by atoms with Crippen LogP contribution in [0.5, 0.6) is 11.5 Å². The number of benzene rings is 2. The van der Waals surface area contributed by atoms with Crippen LogP contribution in [0.1, 0.15) is 36.5 Å². The SMILES string of the molecule is C=CC[C@]1(C(=O)NNCCCN(C)C)N=C(c2ccc(OCCCO)cc2)O[C@H]1c1cccc(OC)c1. The lowest BCUT2D eigenvalue weighted by molar-refractivity contribution is -0.129. The molecule has 3 rings (SSSR count). The van der Waals surface area contributed by atoms with E-state index in [0.717, 1.165) is 24.1 Å². The van der Waals surface area contributed by atoms with E-state index in [0.29, 0.717) is 37.0 Å². The molecule has 2 atom stereocenters. The first-order valence-electron chi connectivity index (χ1n) is 12.5. The number of amides is 1. The summed E-state index contributed by atoms with van der Waals surface area (Å²) < 4.78 is 17.5. The van der Waals surface area contributed by atoms with E-state index in [-0.39, 0.29) is 18.9 Å². The summed E-state index contributed by atoms with van der Waals surface area (Å²) in [5.74, 6) is 1.40. The lowest BCUT2D eigenvalue weighted by Crippen LogP contribution is -2.52. The molecule has 0 saturated heterocycles. The van der Waals surface area contributed by atoms with E-state index < -0.39 is 11.6 Å². The van der Waals surface area contributed by atoms with Crippen molar-refractivity contribution in [1.29, 1.82) is 0 Å². The number of methoxy groups -OCH3 is 1. The highest BCUT2D eigenvalue weighted by Crippen LogP contribution is 2.43. The first-order valence-corrected chi connectivity index (χ1v) is 12.5. The van der Waals surface area contributed by atoms with Crippen LogP contribution < -0.4 is 20.3 Å². The highest BCUT2D eigenvalue weighted by molar-refractivity contribution is 6.01. The average molecular weight is 511 g/mol. The van der Waals surface area contributed by atoms with E-state index in [4.69, 9.17) is 24.3 Å². The molecule has 0 spiro atoms. The van der Waals surface area contributed by atoms with E-state index in [2.05, 4.69) is 22.3 Å². The number of aliphatic imine (C=N–C) groups is 1. The fourth-order valence-corrected chi connectivity index (χ4v) is 4.07. The molecule has 2 aromatic rings. The second-order valence-electron chi connectivity index (χ2n) is 9.10. The molecule has 200 valence electrons. The van der Waals surface area contributed by atoms with E-state index in [9.17, 15) is 4.79 Å². The minimum atomic E-state index is -1.27. The van der Waals surface area contributed by atoms with Gasteiger partial charge in [-0.15, -0.1) is 6.58 Å². The van der Waals surface area contributed by atoms with Crippen LogP contribution in [-0.2, 0) is 9.53 Å². The summed E-state index contributed by atoms with van der Waals surface area (Å²) in [5.41, 5.74) is 6.11. The largest absolute Gasteiger partial charge is 0.497 e. The maximum atomic E-state index is 13.7. The van der Waals surface area contributed by atoms with Gasteiger partial charge in [-0.3, -0.25) is 10.2 Å². The van der Waals surface area contributed by atoms with Crippen molar-refractivity contribution in [1.82, 2.24) is 15.8 Å². The van der Waals surface area contributed by atoms with Crippen LogP contribution in [0.15, 0.2) is 66.2 Å². The normalized spacial score (nSPS) is 18.7. The molecule has 2 aromatic carbocycles. The molecule has 1 amide bonds. The maximum absolute atomic E-state index is 13.7. The third-order valence-electron chi connectivity index (χ3n) is 5.99. The van der Waals surface area contributed by atoms with Gasteiger partial charge in [0.25, 0.3) is 5.91 Å². The topological polar surface area (TPSA) is 105 Å². The van der Waals surface area contributed by atoms with Gasteiger partial charge in [0.1, 0.15) is 11.5 Å². The summed E-state index contributed by atoms with van der Waals surface area (Å²) in [5, 5.41) is 8.96. The molecule has 9 nitrogen and oxygen atoms in total. The third kappa shape index (κ3) is 7.31. The zero-order chi connectivity index (χ0) is 26.7. The van der Waals surface area contributed by atoms with Gasteiger partial charge in [-0.1, -0.05) is 18.2 Å². The van der Waals surface area contributed by atoms with Crippen LogP contribution in [0.3, 0.4) is 0 Å². The van der Waals surface area contributed by atoms with E-state index in [1.807, 2.05) is 62.6 Å². The number of rotatable bonds is 15. The van der Waals surface area contributed by atoms with Crippen LogP contribution >= 0.6 is 0 Å². The van der Waals surface area contributed by atoms with Crippen LogP contribution in [0, 0.1) is 0 Å². The number of hydrogen-bond donors (Lipinski definition) is 3. The number of nitrogens with one attached hydrogen (secondary N) is 2. The molecule has 3 N–H and O–H groups in total. The Bertz CT molecular complexity index is 1060. The van der Waals surface area contributed by atoms with Crippen molar-refractivity contribution in [2.24, 2.45) is 4.99 Å². The van der Waals surface area contributed by atoms with E-state index in [1.165, 1.54) is 0 Å². The van der Waals surface area contributed by atoms with Crippen molar-refractivity contribution < 1.29 is 24.1 Å². The molecule has 0 aromatic heterocycles. The van der Waals surface area contributed by atoms with Crippen molar-refractivity contribution in [2.75, 3.05) is 47.5 Å². The van der Waals surface area contributed by atoms with E-state index >= 15 is 0 Å². The quantitative estimate of drug-likeness (QED) is 0.192. The minimum Gasteiger partial charge on any atom is -0.497 e. The third-order valence-corrected chi connectivity index (χ3v) is 5.99. The molecule has 1 heterocycles. The summed E-state index contributed by atoms with van der Waals surface area (Å²) in [6.45, 7) is 5.92. The zero-order valence-electron chi connectivity index (χ0n) is 21.9. The predicted molar refractivity (Wildman–Crippen MR) is 144 cm³/mol. The van der Waals surface area contributed by atoms with Crippen LogP contribution in [0.25, 0.3) is 0 Å². The Kier molecular flexibility index (Phi) is 10.5. The van der Waals surface area contributed by atoms with Gasteiger partial charge < -0.3 is 24.2 Å². The Hall–Kier alpha value is -3.40. The van der Waals surface area contributed by atoms with Crippen molar-refractivity contribution in [3.05, 3.63) is 72.3 Å². The summed E-state index contributed by atoms with van der Waals surface area (Å²) in [7, 11) is 5.62. The molecular weight excluding hydrogens is 472 g/mol. The summed E-state index contributed by atoms with van der Waals surface area (Å²) in [4.78, 5) is 20.6. The molecule has 37 heavy (non-hydrogen) atoms. The highest BCUT2D eigenvalue weighted by Gasteiger charge is 2.52. The lowest BCUT2D eigenvalue weighted by Gasteiger charge is -2.30. The molecule has 0 unspecified atom stereocenters. The predicted octanol–water partition coefficient (Wildman–Crippen LogP) is 2.86. The van der Waals surface area contributed by atoms with Gasteiger partial charge in [-0.2, -0.15) is 0 Å². The Labute approximate surface area is 219 Å². The summed E-state index contributed by atoms with van der Waals surface area (Å²) >= 11 is 0. The van der Waals surface area contributed by atoms with Crippen LogP contribution in [0.4, 0.5) is 0 Å². The molecule has 0 fully saturated rings. The van der Waals surface area contributed by atoms with Gasteiger partial charge in [0.15, 0.2) is 11.6 Å². The molecule has 0 saturated carbocycles. The number of hydrazine groups is 1. The van der Waals surface area contributed by atoms with Gasteiger partial charge in [-0.05, 0) is 69.0 Å². The van der Waals surface area contributed by atoms with Crippen LogP contribution in [-0.4, -0.2) is 74.9 Å². The fourth-order valence-electron chi connectivity index (χ4n) is 4.07. The molecule has 0 bridgehead atoms. The standard InChI is InChI=1S/C28H38N4O5/c1-5-15-28(27(34)31-29-16-7-17-32(2)3)25(22-9-6-10-24(20-22)35-4)37-26(30-28)21-11-13-23(14-12-21)36-19-8-18-33/h5-6,9-14,20,25,29,33H,1,7-8,15-19H2,2-4H3,(H,31,34)/t25-,28-/m0/s1. The Morgan fingerprint density at radius 3 is 2.68 bits per heavy atom. The van der Waals surface area contributed by atoms with Crippen molar-refractivity contribution in [3.8, 4) is 11.5 Å². The number of nitrogens with zero attached hydrogens (tertiary/aromatic N) is 2. The summed E-state index contributed by atoms with van der Waals surface area (Å²) in [6, 6.07) is 14.8. The minimum absolute atomic E-state index is 0.0757. The molecule has 9 heteroatoms. The fraction of sp³-hybridized carbons (Fsp3) is 0.429. The first kappa shape index (κ1) is 28.2. The molecule has 1 aliphatic rings. The van der Waals surface area contributed by atoms with Crippen molar-refractivity contribution in [3.63, 3.8) is 0 Å². The molecular formula is C28H38N4O5. The number of carbonyl (C=O) groups excluding carboxylic acids is 1. The second kappa shape index (κ2) is 13.8. The Balaban J connectivity index is 1.90. The van der Waals surface area contributed by atoms with Gasteiger partial charge in [0.2, 0.25) is 5.90 Å². The number of aliphatic hydroxyl groups excluding tert-OH is 1. The number of ether oxygens (including phenoxy) is 3. The van der Waals surface area contributed by atoms with Crippen molar-refractivity contribution in [2.45, 2.75) is 30.9 Å². The number of aliphatic hydroxyl groups is 1. The van der Waals surface area contributed by atoms with Gasteiger partial charge in [-0.25, -0.2) is 10.4 Å².